The van der Waals surface area contributed by atoms with Crippen LogP contribution in [0, 0.1) is 0 Å². The molecule has 20 heavy (non-hydrogen) atoms. The quantitative estimate of drug-likeness (QED) is 0.864. The lowest BCUT2D eigenvalue weighted by atomic mass is 10.1. The lowest BCUT2D eigenvalue weighted by Crippen LogP contribution is -2.12. The predicted molar refractivity (Wildman–Crippen MR) is 75.8 cm³/mol. The third-order valence-electron chi connectivity index (χ3n) is 2.88. The Balaban J connectivity index is 2.41. The standard InChI is InChI=1S/C14H18N4O2/c1-4-20-14(19)10-5-7-16-13(12(10)15)18-8-6-11(17-18)9(2)3/h5-9H,4,15H2,1-3H3. The Bertz CT molecular complexity index is 619. The zero-order valence-corrected chi connectivity index (χ0v) is 11.8. The average Bonchev–Trinajstić information content (AvgIpc) is 2.88. The van der Waals surface area contributed by atoms with Crippen LogP contribution >= 0.6 is 0 Å². The van der Waals surface area contributed by atoms with Crippen molar-refractivity contribution in [3.8, 4) is 5.82 Å². The van der Waals surface area contributed by atoms with Crippen molar-refractivity contribution in [3.63, 3.8) is 0 Å². The summed E-state index contributed by atoms with van der Waals surface area (Å²) in [5.41, 5.74) is 7.52. The average molecular weight is 274 g/mol. The lowest BCUT2D eigenvalue weighted by Gasteiger charge is -2.09. The number of esters is 1. The van der Waals surface area contributed by atoms with E-state index in [4.69, 9.17) is 10.5 Å². The Morgan fingerprint density at radius 1 is 1.45 bits per heavy atom. The number of carbonyl (C=O) groups is 1. The topological polar surface area (TPSA) is 83.0 Å². The summed E-state index contributed by atoms with van der Waals surface area (Å²) in [6, 6.07) is 3.45. The minimum Gasteiger partial charge on any atom is -0.462 e. The summed E-state index contributed by atoms with van der Waals surface area (Å²) >= 11 is 0. The lowest BCUT2D eigenvalue weighted by molar-refractivity contribution is 0.0527. The molecule has 0 amide bonds. The largest absolute Gasteiger partial charge is 0.462 e. The Hall–Kier alpha value is -2.37. The van der Waals surface area contributed by atoms with E-state index in [2.05, 4.69) is 23.9 Å². The second-order valence-electron chi connectivity index (χ2n) is 4.66. The van der Waals surface area contributed by atoms with Crippen LogP contribution in [0.5, 0.6) is 0 Å². The van der Waals surface area contributed by atoms with Gasteiger partial charge in [-0.05, 0) is 25.0 Å². The summed E-state index contributed by atoms with van der Waals surface area (Å²) in [5, 5.41) is 4.41. The van der Waals surface area contributed by atoms with Crippen LogP contribution in [0.1, 0.15) is 42.7 Å². The SMILES string of the molecule is CCOC(=O)c1ccnc(-n2ccc(C(C)C)n2)c1N. The first kappa shape index (κ1) is 14.0. The number of nitrogens with two attached hydrogens (primary N) is 1. The highest BCUT2D eigenvalue weighted by Crippen LogP contribution is 2.21. The first-order valence-corrected chi connectivity index (χ1v) is 6.52. The van der Waals surface area contributed by atoms with E-state index >= 15 is 0 Å². The molecule has 0 radical (unpaired) electrons. The number of carbonyl (C=O) groups excluding carboxylic acids is 1. The van der Waals surface area contributed by atoms with E-state index in [1.165, 1.54) is 6.20 Å². The van der Waals surface area contributed by atoms with Crippen molar-refractivity contribution in [2.45, 2.75) is 26.7 Å². The van der Waals surface area contributed by atoms with Crippen molar-refractivity contribution in [2.24, 2.45) is 0 Å². The Morgan fingerprint density at radius 2 is 2.20 bits per heavy atom. The number of hydrogen-bond acceptors (Lipinski definition) is 5. The molecule has 6 nitrogen and oxygen atoms in total. The predicted octanol–water partition coefficient (Wildman–Crippen LogP) is 2.15. The molecule has 0 fully saturated rings. The van der Waals surface area contributed by atoms with Crippen molar-refractivity contribution >= 4 is 11.7 Å². The zero-order chi connectivity index (χ0) is 14.7. The molecule has 0 bridgehead atoms. The third kappa shape index (κ3) is 2.64. The number of ether oxygens (including phenoxy) is 1. The summed E-state index contributed by atoms with van der Waals surface area (Å²) < 4.78 is 6.54. The van der Waals surface area contributed by atoms with Crippen LogP contribution in [0.25, 0.3) is 5.82 Å². The highest BCUT2D eigenvalue weighted by molar-refractivity contribution is 5.96. The Labute approximate surface area is 117 Å². The van der Waals surface area contributed by atoms with Crippen molar-refractivity contribution in [2.75, 3.05) is 12.3 Å². The monoisotopic (exact) mass is 274 g/mol. The smallest absolute Gasteiger partial charge is 0.340 e. The van der Waals surface area contributed by atoms with Gasteiger partial charge in [0.2, 0.25) is 0 Å². The molecule has 0 unspecified atom stereocenters. The van der Waals surface area contributed by atoms with Gasteiger partial charge in [-0.3, -0.25) is 0 Å². The molecular formula is C14H18N4O2. The molecule has 6 heteroatoms. The zero-order valence-electron chi connectivity index (χ0n) is 11.8. The molecule has 2 N–H and O–H groups in total. The maximum absolute atomic E-state index is 11.8. The number of nitrogens with zero attached hydrogens (tertiary/aromatic N) is 3. The van der Waals surface area contributed by atoms with Crippen LogP contribution in [0.3, 0.4) is 0 Å². The number of nitrogen functional groups attached to an aromatic ring is 1. The van der Waals surface area contributed by atoms with Crippen molar-refractivity contribution in [1.82, 2.24) is 14.8 Å². The fourth-order valence-electron chi connectivity index (χ4n) is 1.80. The Morgan fingerprint density at radius 3 is 2.80 bits per heavy atom. The fourth-order valence-corrected chi connectivity index (χ4v) is 1.80. The van der Waals surface area contributed by atoms with E-state index in [0.29, 0.717) is 23.9 Å². The van der Waals surface area contributed by atoms with Crippen LogP contribution in [0.4, 0.5) is 5.69 Å². The van der Waals surface area contributed by atoms with Crippen LogP contribution < -0.4 is 5.73 Å². The second-order valence-corrected chi connectivity index (χ2v) is 4.66. The van der Waals surface area contributed by atoms with Gasteiger partial charge in [0.25, 0.3) is 0 Å². The van der Waals surface area contributed by atoms with Crippen molar-refractivity contribution in [3.05, 3.63) is 35.8 Å². The van der Waals surface area contributed by atoms with Crippen LogP contribution in [-0.2, 0) is 4.74 Å². The van der Waals surface area contributed by atoms with Gasteiger partial charge in [-0.1, -0.05) is 13.8 Å². The molecule has 0 saturated heterocycles. The third-order valence-corrected chi connectivity index (χ3v) is 2.88. The minimum absolute atomic E-state index is 0.268. The van der Waals surface area contributed by atoms with Gasteiger partial charge in [-0.15, -0.1) is 0 Å². The van der Waals surface area contributed by atoms with Crippen LogP contribution in [-0.4, -0.2) is 27.3 Å². The number of pyridine rings is 1. The highest BCUT2D eigenvalue weighted by atomic mass is 16.5. The fraction of sp³-hybridized carbons (Fsp3) is 0.357. The molecule has 0 atom stereocenters. The molecule has 2 aromatic heterocycles. The van der Waals surface area contributed by atoms with Gasteiger partial charge in [0.15, 0.2) is 5.82 Å². The van der Waals surface area contributed by atoms with Crippen molar-refractivity contribution < 1.29 is 9.53 Å². The normalized spacial score (nSPS) is 10.8. The Kier molecular flexibility index (Phi) is 4.02. The molecular weight excluding hydrogens is 256 g/mol. The van der Waals surface area contributed by atoms with Crippen LogP contribution in [0.2, 0.25) is 0 Å². The molecule has 0 spiro atoms. The summed E-state index contributed by atoms with van der Waals surface area (Å²) in [6.45, 7) is 6.16. The van der Waals surface area contributed by atoms with Gasteiger partial charge in [-0.25, -0.2) is 14.5 Å². The van der Waals surface area contributed by atoms with E-state index in [1.807, 2.05) is 6.07 Å². The first-order chi connectivity index (χ1) is 9.54. The van der Waals surface area contributed by atoms with E-state index in [0.717, 1.165) is 5.69 Å². The highest BCUT2D eigenvalue weighted by Gasteiger charge is 2.16. The molecule has 106 valence electrons. The van der Waals surface area contributed by atoms with E-state index < -0.39 is 5.97 Å². The van der Waals surface area contributed by atoms with Gasteiger partial charge in [-0.2, -0.15) is 5.10 Å². The van der Waals surface area contributed by atoms with Crippen LogP contribution in [0.15, 0.2) is 24.5 Å². The number of rotatable bonds is 4. The summed E-state index contributed by atoms with van der Waals surface area (Å²) in [4.78, 5) is 16.0. The second kappa shape index (κ2) is 5.73. The van der Waals surface area contributed by atoms with E-state index in [-0.39, 0.29) is 5.69 Å². The molecule has 0 aliphatic rings. The van der Waals surface area contributed by atoms with E-state index in [9.17, 15) is 4.79 Å². The summed E-state index contributed by atoms with van der Waals surface area (Å²) in [6.07, 6.45) is 3.30. The van der Waals surface area contributed by atoms with Gasteiger partial charge in [0.05, 0.1) is 23.6 Å². The molecule has 2 heterocycles. The number of aromatic nitrogens is 3. The summed E-state index contributed by atoms with van der Waals surface area (Å²) in [5.74, 6) is 0.290. The summed E-state index contributed by atoms with van der Waals surface area (Å²) in [7, 11) is 0. The number of anilines is 1. The molecule has 2 aromatic rings. The maximum atomic E-state index is 11.8. The molecule has 2 rings (SSSR count). The van der Waals surface area contributed by atoms with Gasteiger partial charge in [0, 0.05) is 12.4 Å². The number of hydrogen-bond donors (Lipinski definition) is 1. The van der Waals surface area contributed by atoms with E-state index in [1.54, 1.807) is 23.9 Å². The van der Waals surface area contributed by atoms with Gasteiger partial charge in [0.1, 0.15) is 0 Å². The first-order valence-electron chi connectivity index (χ1n) is 6.52. The molecule has 0 aliphatic heterocycles. The molecule has 0 aliphatic carbocycles. The minimum atomic E-state index is -0.454. The van der Waals surface area contributed by atoms with Crippen molar-refractivity contribution in [1.29, 1.82) is 0 Å². The molecule has 0 aromatic carbocycles. The molecule has 0 saturated carbocycles. The van der Waals surface area contributed by atoms with Gasteiger partial charge >= 0.3 is 5.97 Å². The van der Waals surface area contributed by atoms with Gasteiger partial charge < -0.3 is 10.5 Å². The maximum Gasteiger partial charge on any atom is 0.340 e.